The fraction of sp³-hybridized carbons (Fsp3) is 0. The van der Waals surface area contributed by atoms with Crippen molar-refractivity contribution in [1.29, 1.82) is 5.41 Å². The third kappa shape index (κ3) is 2.16. The molecule has 2 aromatic heterocycles. The van der Waals surface area contributed by atoms with E-state index < -0.39 is 0 Å². The zero-order valence-corrected chi connectivity index (χ0v) is 10.6. The minimum absolute atomic E-state index is 0.0821. The van der Waals surface area contributed by atoms with E-state index >= 15 is 0 Å². The average molecular weight is 264 g/mol. The lowest BCUT2D eigenvalue weighted by Gasteiger charge is -2.10. The Morgan fingerprint density at radius 1 is 1.00 bits per heavy atom. The lowest BCUT2D eigenvalue weighted by Crippen LogP contribution is -2.12. The van der Waals surface area contributed by atoms with Crippen LogP contribution in [0.25, 0.3) is 10.9 Å². The van der Waals surface area contributed by atoms with E-state index in [9.17, 15) is 0 Å². The third-order valence-electron chi connectivity index (χ3n) is 2.86. The Morgan fingerprint density at radius 2 is 1.75 bits per heavy atom. The standard InChI is InChI=1S/C15H12N4O/c16-14(17)11-6-3-9-19-15(11)20-12-7-1-4-10-5-2-8-18-13(10)12/h1-9H,(H3,16,17). The molecule has 0 aliphatic carbocycles. The molecule has 0 saturated heterocycles. The van der Waals surface area contributed by atoms with Crippen LogP contribution in [-0.4, -0.2) is 15.8 Å². The van der Waals surface area contributed by atoms with Gasteiger partial charge in [0.05, 0.1) is 5.56 Å². The van der Waals surface area contributed by atoms with E-state index in [1.165, 1.54) is 0 Å². The molecule has 0 unspecified atom stereocenters. The maximum Gasteiger partial charge on any atom is 0.230 e. The number of aromatic nitrogens is 2. The number of benzene rings is 1. The molecule has 3 rings (SSSR count). The van der Waals surface area contributed by atoms with E-state index in [1.807, 2.05) is 30.3 Å². The summed E-state index contributed by atoms with van der Waals surface area (Å²) in [4.78, 5) is 8.45. The Morgan fingerprint density at radius 3 is 2.60 bits per heavy atom. The molecule has 0 atom stereocenters. The fourth-order valence-corrected chi connectivity index (χ4v) is 1.94. The second-order valence-corrected chi connectivity index (χ2v) is 4.20. The van der Waals surface area contributed by atoms with Gasteiger partial charge in [-0.1, -0.05) is 18.2 Å². The molecule has 3 aromatic rings. The summed E-state index contributed by atoms with van der Waals surface area (Å²) in [6, 6.07) is 12.9. The van der Waals surface area contributed by atoms with Crippen LogP contribution in [0, 0.1) is 5.41 Å². The van der Waals surface area contributed by atoms with Gasteiger partial charge in [0, 0.05) is 17.8 Å². The molecule has 5 heteroatoms. The first kappa shape index (κ1) is 12.1. The molecule has 0 aliphatic heterocycles. The van der Waals surface area contributed by atoms with Crippen molar-refractivity contribution in [2.24, 2.45) is 5.73 Å². The lowest BCUT2D eigenvalue weighted by molar-refractivity contribution is 0.466. The minimum Gasteiger partial charge on any atom is -0.436 e. The molecular weight excluding hydrogens is 252 g/mol. The summed E-state index contributed by atoms with van der Waals surface area (Å²) in [5.41, 5.74) is 6.73. The van der Waals surface area contributed by atoms with Gasteiger partial charge in [-0.25, -0.2) is 4.98 Å². The number of hydrogen-bond acceptors (Lipinski definition) is 4. The number of hydrogen-bond donors (Lipinski definition) is 2. The van der Waals surface area contributed by atoms with E-state index in [0.717, 1.165) is 10.9 Å². The van der Waals surface area contributed by atoms with Crippen molar-refractivity contribution >= 4 is 16.7 Å². The molecule has 98 valence electrons. The van der Waals surface area contributed by atoms with Crippen LogP contribution in [0.3, 0.4) is 0 Å². The van der Waals surface area contributed by atoms with Gasteiger partial charge in [-0.05, 0) is 24.3 Å². The van der Waals surface area contributed by atoms with Crippen LogP contribution < -0.4 is 10.5 Å². The summed E-state index contributed by atoms with van der Waals surface area (Å²) >= 11 is 0. The monoisotopic (exact) mass is 264 g/mol. The summed E-state index contributed by atoms with van der Waals surface area (Å²) in [6.45, 7) is 0. The van der Waals surface area contributed by atoms with E-state index in [-0.39, 0.29) is 5.84 Å². The van der Waals surface area contributed by atoms with Crippen molar-refractivity contribution in [2.45, 2.75) is 0 Å². The molecule has 0 amide bonds. The Labute approximate surface area is 115 Å². The predicted octanol–water partition coefficient (Wildman–Crippen LogP) is 2.71. The van der Waals surface area contributed by atoms with Crippen LogP contribution in [0.2, 0.25) is 0 Å². The third-order valence-corrected chi connectivity index (χ3v) is 2.86. The van der Waals surface area contributed by atoms with Gasteiger partial charge in [0.1, 0.15) is 11.4 Å². The van der Waals surface area contributed by atoms with Crippen molar-refractivity contribution in [3.8, 4) is 11.6 Å². The van der Waals surface area contributed by atoms with Gasteiger partial charge in [0.2, 0.25) is 5.88 Å². The van der Waals surface area contributed by atoms with Gasteiger partial charge in [-0.15, -0.1) is 0 Å². The van der Waals surface area contributed by atoms with Gasteiger partial charge in [0.15, 0.2) is 5.75 Å². The summed E-state index contributed by atoms with van der Waals surface area (Å²) in [5.74, 6) is 0.809. The zero-order chi connectivity index (χ0) is 13.9. The van der Waals surface area contributed by atoms with Crippen LogP contribution >= 0.6 is 0 Å². The van der Waals surface area contributed by atoms with Crippen LogP contribution in [0.5, 0.6) is 11.6 Å². The Balaban J connectivity index is 2.08. The van der Waals surface area contributed by atoms with Crippen LogP contribution in [0.1, 0.15) is 5.56 Å². The molecule has 0 saturated carbocycles. The maximum atomic E-state index is 7.55. The number of para-hydroxylation sites is 1. The molecule has 0 fully saturated rings. The average Bonchev–Trinajstić information content (AvgIpc) is 2.48. The lowest BCUT2D eigenvalue weighted by atomic mass is 10.2. The summed E-state index contributed by atoms with van der Waals surface area (Å²) < 4.78 is 5.79. The number of nitrogen functional groups attached to an aromatic ring is 1. The number of ether oxygens (including phenoxy) is 1. The second-order valence-electron chi connectivity index (χ2n) is 4.20. The number of nitrogens with two attached hydrogens (primary N) is 1. The van der Waals surface area contributed by atoms with Gasteiger partial charge in [-0.3, -0.25) is 10.4 Å². The number of pyridine rings is 2. The fourth-order valence-electron chi connectivity index (χ4n) is 1.94. The highest BCUT2D eigenvalue weighted by atomic mass is 16.5. The van der Waals surface area contributed by atoms with E-state index in [1.54, 1.807) is 24.5 Å². The summed E-state index contributed by atoms with van der Waals surface area (Å²) in [5, 5.41) is 8.52. The molecule has 20 heavy (non-hydrogen) atoms. The number of nitrogens with one attached hydrogen (secondary N) is 1. The van der Waals surface area contributed by atoms with Crippen molar-refractivity contribution in [3.63, 3.8) is 0 Å². The molecule has 0 bridgehead atoms. The van der Waals surface area contributed by atoms with E-state index in [2.05, 4.69) is 9.97 Å². The van der Waals surface area contributed by atoms with E-state index in [4.69, 9.17) is 15.9 Å². The SMILES string of the molecule is N=C(N)c1cccnc1Oc1cccc2cccnc12. The molecule has 1 aromatic carbocycles. The largest absolute Gasteiger partial charge is 0.436 e. The second kappa shape index (κ2) is 4.97. The number of fused-ring (bicyclic) bond motifs is 1. The Bertz CT molecular complexity index is 780. The molecular formula is C15H12N4O. The first-order valence-corrected chi connectivity index (χ1v) is 6.07. The zero-order valence-electron chi connectivity index (χ0n) is 10.6. The minimum atomic E-state index is -0.0821. The highest BCUT2D eigenvalue weighted by Gasteiger charge is 2.10. The number of amidine groups is 1. The Hall–Kier alpha value is -2.95. The highest BCUT2D eigenvalue weighted by molar-refractivity contribution is 5.97. The van der Waals surface area contributed by atoms with Crippen LogP contribution in [-0.2, 0) is 0 Å². The van der Waals surface area contributed by atoms with Crippen LogP contribution in [0.15, 0.2) is 54.9 Å². The van der Waals surface area contributed by atoms with Crippen LogP contribution in [0.4, 0.5) is 0 Å². The van der Waals surface area contributed by atoms with Gasteiger partial charge < -0.3 is 10.5 Å². The van der Waals surface area contributed by atoms with E-state index in [0.29, 0.717) is 17.2 Å². The molecule has 5 nitrogen and oxygen atoms in total. The molecule has 3 N–H and O–H groups in total. The predicted molar refractivity (Wildman–Crippen MR) is 77.1 cm³/mol. The smallest absolute Gasteiger partial charge is 0.230 e. The van der Waals surface area contributed by atoms with Gasteiger partial charge >= 0.3 is 0 Å². The van der Waals surface area contributed by atoms with Crippen molar-refractivity contribution in [2.75, 3.05) is 0 Å². The Kier molecular flexibility index (Phi) is 3.01. The highest BCUT2D eigenvalue weighted by Crippen LogP contribution is 2.28. The van der Waals surface area contributed by atoms with Gasteiger partial charge in [0.25, 0.3) is 0 Å². The summed E-state index contributed by atoms with van der Waals surface area (Å²) in [7, 11) is 0. The summed E-state index contributed by atoms with van der Waals surface area (Å²) in [6.07, 6.45) is 3.31. The normalized spacial score (nSPS) is 10.4. The maximum absolute atomic E-state index is 7.55. The molecule has 0 aliphatic rings. The first-order chi connectivity index (χ1) is 9.75. The number of nitrogens with zero attached hydrogens (tertiary/aromatic N) is 2. The molecule has 0 spiro atoms. The van der Waals surface area contributed by atoms with Crippen molar-refractivity contribution < 1.29 is 4.74 Å². The molecule has 0 radical (unpaired) electrons. The first-order valence-electron chi connectivity index (χ1n) is 6.07. The van der Waals surface area contributed by atoms with Crippen molar-refractivity contribution in [3.05, 3.63) is 60.4 Å². The number of rotatable bonds is 3. The quantitative estimate of drug-likeness (QED) is 0.562. The topological polar surface area (TPSA) is 84.9 Å². The van der Waals surface area contributed by atoms with Gasteiger partial charge in [-0.2, -0.15) is 0 Å². The van der Waals surface area contributed by atoms with Crippen molar-refractivity contribution in [1.82, 2.24) is 9.97 Å². The molecule has 2 heterocycles.